The van der Waals surface area contributed by atoms with Gasteiger partial charge in [0.25, 0.3) is 15.7 Å². The van der Waals surface area contributed by atoms with Crippen molar-refractivity contribution in [1.82, 2.24) is 4.83 Å². The highest BCUT2D eigenvalue weighted by Gasteiger charge is 2.19. The molecule has 9 heteroatoms. The van der Waals surface area contributed by atoms with Crippen molar-refractivity contribution in [2.45, 2.75) is 11.8 Å². The van der Waals surface area contributed by atoms with Gasteiger partial charge in [0.1, 0.15) is 0 Å². The number of nitro groups is 1. The summed E-state index contributed by atoms with van der Waals surface area (Å²) in [4.78, 5) is 12.1. The molecule has 0 fully saturated rings. The molecule has 0 spiro atoms. The third kappa shape index (κ3) is 4.36. The van der Waals surface area contributed by atoms with Gasteiger partial charge < -0.3 is 0 Å². The summed E-state index contributed by atoms with van der Waals surface area (Å²) in [6, 6.07) is 10.8. The van der Waals surface area contributed by atoms with Gasteiger partial charge in [0.2, 0.25) is 0 Å². The van der Waals surface area contributed by atoms with Crippen molar-refractivity contribution >= 4 is 37.9 Å². The van der Waals surface area contributed by atoms with Crippen LogP contribution in [0.25, 0.3) is 0 Å². The van der Waals surface area contributed by atoms with Crippen LogP contribution in [0.2, 0.25) is 0 Å². The van der Waals surface area contributed by atoms with Gasteiger partial charge in [-0.1, -0.05) is 34.1 Å². The number of sulfonamides is 1. The highest BCUT2D eigenvalue weighted by Crippen LogP contribution is 2.22. The maximum absolute atomic E-state index is 12.1. The number of nitrogens with zero attached hydrogens (tertiary/aromatic N) is 2. The molecule has 0 radical (unpaired) electrons. The van der Waals surface area contributed by atoms with E-state index < -0.39 is 14.9 Å². The Morgan fingerprint density at radius 1 is 1.22 bits per heavy atom. The standard InChI is InChI=1S/C14H12BrN3O4S/c1-10-2-7-13(8-14(10)18(19)20)23(21,22)17-16-9-11-3-5-12(15)6-4-11/h2-9,17H,1H3/b16-9+. The van der Waals surface area contributed by atoms with Crippen molar-refractivity contribution in [1.29, 1.82) is 0 Å². The molecule has 1 N–H and O–H groups in total. The van der Waals surface area contributed by atoms with Crippen molar-refractivity contribution in [2.75, 3.05) is 0 Å². The first kappa shape index (κ1) is 17.1. The lowest BCUT2D eigenvalue weighted by Crippen LogP contribution is -2.18. The minimum Gasteiger partial charge on any atom is -0.258 e. The summed E-state index contributed by atoms with van der Waals surface area (Å²) in [6.45, 7) is 1.54. The third-order valence-corrected chi connectivity index (χ3v) is 4.69. The Labute approximate surface area is 141 Å². The zero-order valence-electron chi connectivity index (χ0n) is 11.9. The Bertz CT molecular complexity index is 864. The van der Waals surface area contributed by atoms with E-state index in [-0.39, 0.29) is 10.6 Å². The molecular formula is C14H12BrN3O4S. The van der Waals surface area contributed by atoms with Gasteiger partial charge in [-0.05, 0) is 30.7 Å². The fraction of sp³-hybridized carbons (Fsp3) is 0.0714. The zero-order chi connectivity index (χ0) is 17.0. The smallest absolute Gasteiger partial charge is 0.258 e. The van der Waals surface area contributed by atoms with Crippen LogP contribution in [0.15, 0.2) is 56.9 Å². The number of nitro benzene ring substituents is 1. The van der Waals surface area contributed by atoms with Crippen LogP contribution in [-0.2, 0) is 10.0 Å². The van der Waals surface area contributed by atoms with Gasteiger partial charge in [-0.2, -0.15) is 13.5 Å². The highest BCUT2D eigenvalue weighted by molar-refractivity contribution is 9.10. The number of hydrazone groups is 1. The molecular weight excluding hydrogens is 386 g/mol. The second-order valence-electron chi connectivity index (χ2n) is 4.61. The van der Waals surface area contributed by atoms with Crippen molar-refractivity contribution < 1.29 is 13.3 Å². The van der Waals surface area contributed by atoms with Gasteiger partial charge in [-0.15, -0.1) is 0 Å². The van der Waals surface area contributed by atoms with Crippen LogP contribution in [0.1, 0.15) is 11.1 Å². The lowest BCUT2D eigenvalue weighted by molar-refractivity contribution is -0.385. The molecule has 0 amide bonds. The minimum atomic E-state index is -3.97. The Morgan fingerprint density at radius 2 is 1.87 bits per heavy atom. The molecule has 2 aromatic carbocycles. The Hall–Kier alpha value is -2.26. The second-order valence-corrected chi connectivity index (χ2v) is 7.19. The molecule has 0 saturated carbocycles. The Morgan fingerprint density at radius 3 is 2.48 bits per heavy atom. The fourth-order valence-corrected chi connectivity index (χ4v) is 2.80. The van der Waals surface area contributed by atoms with Crippen molar-refractivity contribution in [2.24, 2.45) is 5.10 Å². The van der Waals surface area contributed by atoms with Crippen LogP contribution < -0.4 is 4.83 Å². The van der Waals surface area contributed by atoms with Gasteiger partial charge in [-0.3, -0.25) is 10.1 Å². The van der Waals surface area contributed by atoms with E-state index in [4.69, 9.17) is 0 Å². The van der Waals surface area contributed by atoms with E-state index in [0.717, 1.165) is 10.5 Å². The number of hydrogen-bond donors (Lipinski definition) is 1. The molecule has 120 valence electrons. The van der Waals surface area contributed by atoms with Crippen molar-refractivity contribution in [3.05, 3.63) is 68.2 Å². The first-order valence-corrected chi connectivity index (χ1v) is 8.63. The number of benzene rings is 2. The predicted octanol–water partition coefficient (Wildman–Crippen LogP) is 2.98. The van der Waals surface area contributed by atoms with Gasteiger partial charge in [-0.25, -0.2) is 4.83 Å². The average molecular weight is 398 g/mol. The molecule has 0 aliphatic carbocycles. The Balaban J connectivity index is 2.20. The summed E-state index contributed by atoms with van der Waals surface area (Å²) in [7, 11) is -3.97. The summed E-state index contributed by atoms with van der Waals surface area (Å²) in [5, 5.41) is 14.6. The van der Waals surface area contributed by atoms with Crippen LogP contribution in [0.4, 0.5) is 5.69 Å². The molecule has 7 nitrogen and oxygen atoms in total. The third-order valence-electron chi connectivity index (χ3n) is 2.94. The molecule has 2 aromatic rings. The monoisotopic (exact) mass is 397 g/mol. The molecule has 0 unspecified atom stereocenters. The quantitative estimate of drug-likeness (QED) is 0.475. The largest absolute Gasteiger partial charge is 0.276 e. The number of rotatable bonds is 5. The summed E-state index contributed by atoms with van der Waals surface area (Å²) < 4.78 is 25.1. The van der Waals surface area contributed by atoms with E-state index in [9.17, 15) is 18.5 Å². The lowest BCUT2D eigenvalue weighted by atomic mass is 10.2. The number of halogens is 1. The molecule has 0 aliphatic heterocycles. The van der Waals surface area contributed by atoms with E-state index in [1.54, 1.807) is 24.3 Å². The van der Waals surface area contributed by atoms with E-state index >= 15 is 0 Å². The van der Waals surface area contributed by atoms with Crippen molar-refractivity contribution in [3.63, 3.8) is 0 Å². The summed E-state index contributed by atoms with van der Waals surface area (Å²) in [5.74, 6) is 0. The highest BCUT2D eigenvalue weighted by atomic mass is 79.9. The number of aryl methyl sites for hydroxylation is 1. The first-order valence-electron chi connectivity index (χ1n) is 6.35. The second kappa shape index (κ2) is 6.88. The molecule has 0 bridgehead atoms. The van der Waals surface area contributed by atoms with Crippen molar-refractivity contribution in [3.8, 4) is 0 Å². The van der Waals surface area contributed by atoms with Crippen LogP contribution in [0, 0.1) is 17.0 Å². The molecule has 0 aromatic heterocycles. The van der Waals surface area contributed by atoms with Gasteiger partial charge in [0.15, 0.2) is 0 Å². The summed E-state index contributed by atoms with van der Waals surface area (Å²) in [6.07, 6.45) is 1.34. The van der Waals surface area contributed by atoms with Crippen LogP contribution in [0.5, 0.6) is 0 Å². The summed E-state index contributed by atoms with van der Waals surface area (Å²) >= 11 is 3.29. The topological polar surface area (TPSA) is 102 Å². The fourth-order valence-electron chi connectivity index (χ4n) is 1.72. The SMILES string of the molecule is Cc1ccc(S(=O)(=O)N/N=C/c2ccc(Br)cc2)cc1[N+](=O)[O-]. The van der Waals surface area contributed by atoms with Gasteiger partial charge in [0.05, 0.1) is 16.0 Å². The average Bonchev–Trinajstić information content (AvgIpc) is 2.49. The molecule has 2 rings (SSSR count). The van der Waals surface area contributed by atoms with Crippen LogP contribution in [-0.4, -0.2) is 19.6 Å². The number of hydrogen-bond acceptors (Lipinski definition) is 5. The van der Waals surface area contributed by atoms with Crippen LogP contribution in [0.3, 0.4) is 0 Å². The van der Waals surface area contributed by atoms with E-state index in [1.165, 1.54) is 25.3 Å². The van der Waals surface area contributed by atoms with Crippen LogP contribution >= 0.6 is 15.9 Å². The molecule has 0 heterocycles. The summed E-state index contributed by atoms with van der Waals surface area (Å²) in [5.41, 5.74) is 0.822. The van der Waals surface area contributed by atoms with E-state index in [1.807, 2.05) is 4.83 Å². The number of nitrogens with one attached hydrogen (secondary N) is 1. The van der Waals surface area contributed by atoms with Gasteiger partial charge in [0, 0.05) is 16.1 Å². The molecule has 23 heavy (non-hydrogen) atoms. The zero-order valence-corrected chi connectivity index (χ0v) is 14.3. The van der Waals surface area contributed by atoms with E-state index in [2.05, 4.69) is 21.0 Å². The Kier molecular flexibility index (Phi) is 5.12. The molecule has 0 saturated heterocycles. The lowest BCUT2D eigenvalue weighted by Gasteiger charge is -2.04. The minimum absolute atomic E-state index is 0.220. The predicted molar refractivity (Wildman–Crippen MR) is 89.9 cm³/mol. The van der Waals surface area contributed by atoms with E-state index in [0.29, 0.717) is 11.1 Å². The maximum Gasteiger partial charge on any atom is 0.276 e. The molecule has 0 aliphatic rings. The normalized spacial score (nSPS) is 11.6. The first-order chi connectivity index (χ1) is 10.8. The molecule has 0 atom stereocenters. The maximum atomic E-state index is 12.1. The van der Waals surface area contributed by atoms with Gasteiger partial charge >= 0.3 is 0 Å².